The Hall–Kier alpha value is -1.50. The lowest BCUT2D eigenvalue weighted by Gasteiger charge is -2.41. The molecule has 4 aliphatic rings. The lowest BCUT2D eigenvalue weighted by atomic mass is 9.65. The minimum absolute atomic E-state index is 0.738. The summed E-state index contributed by atoms with van der Waals surface area (Å²) >= 11 is 0. The number of nitrogens with zero attached hydrogens (tertiary/aromatic N) is 1. The van der Waals surface area contributed by atoms with Crippen molar-refractivity contribution in [1.82, 2.24) is 0 Å². The van der Waals surface area contributed by atoms with Crippen molar-refractivity contribution in [1.29, 1.82) is 0 Å². The van der Waals surface area contributed by atoms with E-state index < -0.39 is 0 Å². The SMILES string of the molecule is CN1c2ccccc2C2CCC3CC4C=CC=CC4CC3CC21. The molecule has 0 radical (unpaired) electrons. The molecule has 23 heavy (non-hydrogen) atoms. The number of anilines is 1. The number of para-hydroxylation sites is 1. The van der Waals surface area contributed by atoms with E-state index in [2.05, 4.69) is 60.5 Å². The molecule has 2 saturated carbocycles. The maximum absolute atomic E-state index is 2.60. The summed E-state index contributed by atoms with van der Waals surface area (Å²) in [6.45, 7) is 0. The Morgan fingerprint density at radius 2 is 1.61 bits per heavy atom. The second-order valence-electron chi connectivity index (χ2n) is 8.25. The average molecular weight is 305 g/mol. The maximum atomic E-state index is 2.60. The van der Waals surface area contributed by atoms with Gasteiger partial charge in [-0.1, -0.05) is 42.5 Å². The number of likely N-dealkylation sites (N-methyl/N-ethyl adjacent to an activating group) is 1. The third-order valence-corrected chi connectivity index (χ3v) is 7.27. The topological polar surface area (TPSA) is 3.24 Å². The first-order valence-electron chi connectivity index (χ1n) is 9.48. The first kappa shape index (κ1) is 13.9. The van der Waals surface area contributed by atoms with Crippen molar-refractivity contribution in [3.05, 3.63) is 54.1 Å². The van der Waals surface area contributed by atoms with Gasteiger partial charge in [0, 0.05) is 24.7 Å². The Balaban J connectivity index is 1.44. The molecule has 2 fully saturated rings. The van der Waals surface area contributed by atoms with Gasteiger partial charge < -0.3 is 4.90 Å². The zero-order valence-electron chi connectivity index (χ0n) is 14.1. The van der Waals surface area contributed by atoms with Crippen LogP contribution in [0.1, 0.15) is 43.6 Å². The van der Waals surface area contributed by atoms with E-state index in [1.165, 1.54) is 37.8 Å². The number of benzene rings is 1. The smallest absolute Gasteiger partial charge is 0.0402 e. The highest BCUT2D eigenvalue weighted by atomic mass is 15.2. The summed E-state index contributed by atoms with van der Waals surface area (Å²) in [6, 6.07) is 9.89. The number of hydrogen-bond donors (Lipinski definition) is 0. The molecule has 0 spiro atoms. The maximum Gasteiger partial charge on any atom is 0.0402 e. The van der Waals surface area contributed by atoms with Gasteiger partial charge >= 0.3 is 0 Å². The van der Waals surface area contributed by atoms with Crippen molar-refractivity contribution < 1.29 is 0 Å². The number of rotatable bonds is 0. The van der Waals surface area contributed by atoms with Gasteiger partial charge in [-0.05, 0) is 67.4 Å². The van der Waals surface area contributed by atoms with Gasteiger partial charge in [-0.2, -0.15) is 0 Å². The lowest BCUT2D eigenvalue weighted by Crippen LogP contribution is -2.35. The quantitative estimate of drug-likeness (QED) is 0.640. The molecule has 6 atom stereocenters. The van der Waals surface area contributed by atoms with Crippen molar-refractivity contribution in [2.45, 2.75) is 44.1 Å². The molecule has 1 aliphatic heterocycles. The zero-order chi connectivity index (χ0) is 15.4. The van der Waals surface area contributed by atoms with E-state index in [1.807, 2.05) is 0 Å². The zero-order valence-corrected chi connectivity index (χ0v) is 14.1. The second-order valence-corrected chi connectivity index (χ2v) is 8.25. The molecule has 0 aromatic heterocycles. The van der Waals surface area contributed by atoms with E-state index >= 15 is 0 Å². The Morgan fingerprint density at radius 3 is 2.43 bits per heavy atom. The first-order chi connectivity index (χ1) is 11.3. The fourth-order valence-electron chi connectivity index (χ4n) is 6.08. The molecule has 120 valence electrons. The summed E-state index contributed by atoms with van der Waals surface area (Å²) in [7, 11) is 2.33. The van der Waals surface area contributed by atoms with Crippen LogP contribution >= 0.6 is 0 Å². The molecule has 0 bridgehead atoms. The van der Waals surface area contributed by atoms with Gasteiger partial charge in [-0.25, -0.2) is 0 Å². The average Bonchev–Trinajstić information content (AvgIpc) is 2.74. The van der Waals surface area contributed by atoms with Crippen LogP contribution in [-0.4, -0.2) is 13.1 Å². The Kier molecular flexibility index (Phi) is 3.18. The van der Waals surface area contributed by atoms with Crippen LogP contribution in [0.25, 0.3) is 0 Å². The van der Waals surface area contributed by atoms with Gasteiger partial charge in [-0.15, -0.1) is 0 Å². The molecule has 1 heterocycles. The largest absolute Gasteiger partial charge is 0.371 e. The van der Waals surface area contributed by atoms with Crippen LogP contribution in [0.4, 0.5) is 5.69 Å². The molecule has 1 heteroatoms. The minimum Gasteiger partial charge on any atom is -0.371 e. The van der Waals surface area contributed by atoms with E-state index in [1.54, 1.807) is 5.56 Å². The van der Waals surface area contributed by atoms with Gasteiger partial charge in [0.2, 0.25) is 0 Å². The van der Waals surface area contributed by atoms with E-state index in [9.17, 15) is 0 Å². The number of allylic oxidation sites excluding steroid dienone is 4. The van der Waals surface area contributed by atoms with E-state index in [0.29, 0.717) is 0 Å². The van der Waals surface area contributed by atoms with Gasteiger partial charge in [0.1, 0.15) is 0 Å². The molecule has 3 aliphatic carbocycles. The summed E-state index contributed by atoms with van der Waals surface area (Å²) in [5.74, 6) is 4.30. The summed E-state index contributed by atoms with van der Waals surface area (Å²) < 4.78 is 0. The molecule has 6 unspecified atom stereocenters. The summed E-state index contributed by atoms with van der Waals surface area (Å²) in [4.78, 5) is 2.60. The molecule has 1 aromatic rings. The molecule has 0 N–H and O–H groups in total. The predicted octanol–water partition coefficient (Wildman–Crippen LogP) is 5.16. The molecule has 1 aromatic carbocycles. The molecule has 0 amide bonds. The third-order valence-electron chi connectivity index (χ3n) is 7.27. The van der Waals surface area contributed by atoms with E-state index in [-0.39, 0.29) is 0 Å². The molecular weight excluding hydrogens is 278 g/mol. The van der Waals surface area contributed by atoms with Crippen LogP contribution in [-0.2, 0) is 0 Å². The van der Waals surface area contributed by atoms with Crippen LogP contribution in [0.3, 0.4) is 0 Å². The summed E-state index contributed by atoms with van der Waals surface area (Å²) in [6.07, 6.45) is 16.6. The van der Waals surface area contributed by atoms with Gasteiger partial charge in [0.25, 0.3) is 0 Å². The molecule has 5 rings (SSSR count). The highest BCUT2D eigenvalue weighted by Gasteiger charge is 2.44. The Morgan fingerprint density at radius 1 is 0.870 bits per heavy atom. The summed E-state index contributed by atoms with van der Waals surface area (Å²) in [5, 5.41) is 0. The van der Waals surface area contributed by atoms with E-state index in [4.69, 9.17) is 0 Å². The van der Waals surface area contributed by atoms with Gasteiger partial charge in [-0.3, -0.25) is 0 Å². The lowest BCUT2D eigenvalue weighted by molar-refractivity contribution is 0.150. The van der Waals surface area contributed by atoms with Crippen molar-refractivity contribution in [2.75, 3.05) is 11.9 Å². The summed E-state index contributed by atoms with van der Waals surface area (Å²) in [5.41, 5.74) is 3.12. The van der Waals surface area contributed by atoms with Gasteiger partial charge in [0.15, 0.2) is 0 Å². The number of fused-ring (bicyclic) bond motifs is 5. The highest BCUT2D eigenvalue weighted by Crippen LogP contribution is 2.53. The molecule has 0 saturated heterocycles. The van der Waals surface area contributed by atoms with Crippen LogP contribution in [0.2, 0.25) is 0 Å². The Bertz CT molecular complexity index is 658. The van der Waals surface area contributed by atoms with E-state index in [0.717, 1.165) is 35.6 Å². The van der Waals surface area contributed by atoms with Crippen LogP contribution < -0.4 is 4.90 Å². The van der Waals surface area contributed by atoms with Crippen molar-refractivity contribution >= 4 is 5.69 Å². The standard InChI is InChI=1S/C22H27N/c1-23-21-9-5-4-8-19(21)20-11-10-17-12-15-6-2-3-7-16(15)13-18(17)14-22(20)23/h2-9,15-18,20,22H,10-14H2,1H3. The fraction of sp³-hybridized carbons (Fsp3) is 0.545. The van der Waals surface area contributed by atoms with Crippen molar-refractivity contribution in [3.63, 3.8) is 0 Å². The molecule has 1 nitrogen and oxygen atoms in total. The first-order valence-corrected chi connectivity index (χ1v) is 9.48. The molecular formula is C22H27N. The highest BCUT2D eigenvalue weighted by molar-refractivity contribution is 5.61. The van der Waals surface area contributed by atoms with Crippen LogP contribution in [0, 0.1) is 23.7 Å². The third kappa shape index (κ3) is 2.12. The van der Waals surface area contributed by atoms with Crippen molar-refractivity contribution in [3.8, 4) is 0 Å². The minimum atomic E-state index is 0.738. The van der Waals surface area contributed by atoms with Crippen LogP contribution in [0.15, 0.2) is 48.6 Å². The van der Waals surface area contributed by atoms with Crippen LogP contribution in [0.5, 0.6) is 0 Å². The van der Waals surface area contributed by atoms with Crippen molar-refractivity contribution in [2.24, 2.45) is 23.7 Å². The normalized spacial score (nSPS) is 40.8. The predicted molar refractivity (Wildman–Crippen MR) is 96.7 cm³/mol. The number of hydrogen-bond acceptors (Lipinski definition) is 1. The Labute approximate surface area is 140 Å². The fourth-order valence-corrected chi connectivity index (χ4v) is 6.08. The second kappa shape index (κ2) is 5.26. The monoisotopic (exact) mass is 305 g/mol. The van der Waals surface area contributed by atoms with Gasteiger partial charge in [0.05, 0.1) is 0 Å².